The Balaban J connectivity index is 2.46. The van der Waals surface area contributed by atoms with Gasteiger partial charge in [-0.25, -0.2) is 5.43 Å². The minimum atomic E-state index is -0.0294. The molecule has 0 aromatic heterocycles. The van der Waals surface area contributed by atoms with Crippen LogP contribution in [0.2, 0.25) is 0 Å². The van der Waals surface area contributed by atoms with Gasteiger partial charge in [0, 0.05) is 12.1 Å². The van der Waals surface area contributed by atoms with Crippen molar-refractivity contribution in [3.63, 3.8) is 0 Å². The first kappa shape index (κ1) is 14.2. The van der Waals surface area contributed by atoms with Gasteiger partial charge in [0.05, 0.1) is 5.71 Å². The van der Waals surface area contributed by atoms with Crippen molar-refractivity contribution in [2.45, 2.75) is 39.5 Å². The summed E-state index contributed by atoms with van der Waals surface area (Å²) in [4.78, 5) is 11.5. The van der Waals surface area contributed by atoms with E-state index in [1.807, 2.05) is 31.2 Å². The van der Waals surface area contributed by atoms with Gasteiger partial charge in [-0.2, -0.15) is 5.10 Å². The lowest BCUT2D eigenvalue weighted by Crippen LogP contribution is -2.18. The highest BCUT2D eigenvalue weighted by Gasteiger charge is 2.01. The van der Waals surface area contributed by atoms with E-state index in [1.54, 1.807) is 0 Å². The first-order valence-corrected chi connectivity index (χ1v) is 6.32. The van der Waals surface area contributed by atoms with E-state index in [1.165, 1.54) is 0 Å². The zero-order valence-corrected chi connectivity index (χ0v) is 11.1. The lowest BCUT2D eigenvalue weighted by Gasteiger charge is -2.03. The fraction of sp³-hybridized carbons (Fsp3) is 0.429. The number of nitrogen functional groups attached to an aromatic ring is 1. The van der Waals surface area contributed by atoms with Crippen molar-refractivity contribution in [3.05, 3.63) is 29.8 Å². The number of rotatable bonds is 6. The van der Waals surface area contributed by atoms with Gasteiger partial charge < -0.3 is 5.73 Å². The van der Waals surface area contributed by atoms with Gasteiger partial charge in [0.15, 0.2) is 0 Å². The van der Waals surface area contributed by atoms with Gasteiger partial charge >= 0.3 is 0 Å². The van der Waals surface area contributed by atoms with Crippen molar-refractivity contribution in [1.82, 2.24) is 5.43 Å². The third-order valence-electron chi connectivity index (χ3n) is 2.68. The van der Waals surface area contributed by atoms with Gasteiger partial charge in [0.2, 0.25) is 5.91 Å². The molecule has 0 atom stereocenters. The summed E-state index contributed by atoms with van der Waals surface area (Å²) in [5.74, 6) is -0.0294. The summed E-state index contributed by atoms with van der Waals surface area (Å²) in [5, 5.41) is 4.08. The Hall–Kier alpha value is -1.84. The van der Waals surface area contributed by atoms with Crippen LogP contribution in [0.3, 0.4) is 0 Å². The second kappa shape index (κ2) is 7.48. The molecule has 1 amide bonds. The van der Waals surface area contributed by atoms with E-state index in [0.717, 1.165) is 36.2 Å². The molecule has 0 aliphatic heterocycles. The van der Waals surface area contributed by atoms with Crippen LogP contribution < -0.4 is 11.2 Å². The van der Waals surface area contributed by atoms with E-state index in [-0.39, 0.29) is 5.91 Å². The standard InChI is InChI=1S/C14H21N3O/c1-3-4-5-6-14(18)17-16-11(2)12-7-9-13(15)10-8-12/h7-10H,3-6,15H2,1-2H3,(H,17,18). The number of carbonyl (C=O) groups excluding carboxylic acids is 1. The molecule has 1 aromatic rings. The van der Waals surface area contributed by atoms with Gasteiger partial charge in [-0.3, -0.25) is 4.79 Å². The monoisotopic (exact) mass is 247 g/mol. The number of hydrogen-bond acceptors (Lipinski definition) is 3. The molecule has 98 valence electrons. The summed E-state index contributed by atoms with van der Waals surface area (Å²) in [7, 11) is 0. The molecule has 0 aliphatic carbocycles. The highest BCUT2D eigenvalue weighted by Crippen LogP contribution is 2.06. The van der Waals surface area contributed by atoms with Crippen molar-refractivity contribution in [2.75, 3.05) is 5.73 Å². The first-order chi connectivity index (χ1) is 8.63. The third kappa shape index (κ3) is 4.99. The molecule has 0 saturated heterocycles. The summed E-state index contributed by atoms with van der Waals surface area (Å²) in [6.45, 7) is 3.97. The van der Waals surface area contributed by atoms with Crippen molar-refractivity contribution in [3.8, 4) is 0 Å². The molecule has 18 heavy (non-hydrogen) atoms. The molecule has 4 nitrogen and oxygen atoms in total. The van der Waals surface area contributed by atoms with Crippen LogP contribution in [-0.4, -0.2) is 11.6 Å². The maximum Gasteiger partial charge on any atom is 0.240 e. The zero-order valence-electron chi connectivity index (χ0n) is 11.1. The van der Waals surface area contributed by atoms with Crippen LogP contribution in [0.4, 0.5) is 5.69 Å². The number of anilines is 1. The Labute approximate surface area is 108 Å². The second-order valence-electron chi connectivity index (χ2n) is 4.31. The molecule has 1 aromatic carbocycles. The summed E-state index contributed by atoms with van der Waals surface area (Å²) in [5.41, 5.74) is 10.6. The number of hydrogen-bond donors (Lipinski definition) is 2. The molecule has 0 bridgehead atoms. The van der Waals surface area contributed by atoms with Crippen LogP contribution in [0.5, 0.6) is 0 Å². The first-order valence-electron chi connectivity index (χ1n) is 6.32. The normalized spacial score (nSPS) is 11.3. The number of nitrogens with zero attached hydrogens (tertiary/aromatic N) is 1. The number of carbonyl (C=O) groups is 1. The predicted molar refractivity (Wildman–Crippen MR) is 75.4 cm³/mol. The van der Waals surface area contributed by atoms with Crippen LogP contribution in [-0.2, 0) is 4.79 Å². The Kier molecular flexibility index (Phi) is 5.91. The molecule has 0 fully saturated rings. The van der Waals surface area contributed by atoms with E-state index < -0.39 is 0 Å². The number of unbranched alkanes of at least 4 members (excludes halogenated alkanes) is 2. The Morgan fingerprint density at radius 1 is 1.28 bits per heavy atom. The second-order valence-corrected chi connectivity index (χ2v) is 4.31. The lowest BCUT2D eigenvalue weighted by atomic mass is 10.1. The lowest BCUT2D eigenvalue weighted by molar-refractivity contribution is -0.121. The van der Waals surface area contributed by atoms with E-state index in [9.17, 15) is 4.79 Å². The topological polar surface area (TPSA) is 67.5 Å². The van der Waals surface area contributed by atoms with Gasteiger partial charge in [-0.1, -0.05) is 31.9 Å². The number of amides is 1. The molecule has 0 saturated carbocycles. The fourth-order valence-corrected chi connectivity index (χ4v) is 1.53. The van der Waals surface area contributed by atoms with E-state index in [4.69, 9.17) is 5.73 Å². The van der Waals surface area contributed by atoms with Crippen molar-refractivity contribution < 1.29 is 4.79 Å². The van der Waals surface area contributed by atoms with Gasteiger partial charge in [-0.15, -0.1) is 0 Å². The van der Waals surface area contributed by atoms with E-state index in [0.29, 0.717) is 6.42 Å². The van der Waals surface area contributed by atoms with Crippen molar-refractivity contribution in [1.29, 1.82) is 0 Å². The van der Waals surface area contributed by atoms with Gasteiger partial charge in [0.1, 0.15) is 0 Å². The maximum absolute atomic E-state index is 11.5. The SMILES string of the molecule is CCCCCC(=O)NN=C(C)c1ccc(N)cc1. The number of benzene rings is 1. The summed E-state index contributed by atoms with van der Waals surface area (Å²) < 4.78 is 0. The van der Waals surface area contributed by atoms with Crippen LogP contribution in [0.15, 0.2) is 29.4 Å². The van der Waals surface area contributed by atoms with Gasteiger partial charge in [-0.05, 0) is 31.0 Å². The molecule has 0 unspecified atom stereocenters. The minimum Gasteiger partial charge on any atom is -0.399 e. The average Bonchev–Trinajstić information content (AvgIpc) is 2.37. The highest BCUT2D eigenvalue weighted by atomic mass is 16.2. The molecule has 1 rings (SSSR count). The third-order valence-corrected chi connectivity index (χ3v) is 2.68. The highest BCUT2D eigenvalue weighted by molar-refractivity contribution is 5.99. The number of nitrogens with one attached hydrogen (secondary N) is 1. The van der Waals surface area contributed by atoms with E-state index in [2.05, 4.69) is 17.5 Å². The minimum absolute atomic E-state index is 0.0294. The average molecular weight is 247 g/mol. The zero-order chi connectivity index (χ0) is 13.4. The van der Waals surface area contributed by atoms with Crippen LogP contribution in [0, 0.1) is 0 Å². The Bertz CT molecular complexity index is 410. The predicted octanol–water partition coefficient (Wildman–Crippen LogP) is 2.69. The van der Waals surface area contributed by atoms with Gasteiger partial charge in [0.25, 0.3) is 0 Å². The van der Waals surface area contributed by atoms with Crippen LogP contribution in [0.25, 0.3) is 0 Å². The summed E-state index contributed by atoms with van der Waals surface area (Å²) in [6, 6.07) is 7.41. The quantitative estimate of drug-likeness (QED) is 0.351. The van der Waals surface area contributed by atoms with Crippen LogP contribution in [0.1, 0.15) is 45.1 Å². The largest absolute Gasteiger partial charge is 0.399 e. The maximum atomic E-state index is 11.5. The van der Waals surface area contributed by atoms with E-state index >= 15 is 0 Å². The molecule has 4 heteroatoms. The fourth-order valence-electron chi connectivity index (χ4n) is 1.53. The molecule has 3 N–H and O–H groups in total. The summed E-state index contributed by atoms with van der Waals surface area (Å²) in [6.07, 6.45) is 3.64. The summed E-state index contributed by atoms with van der Waals surface area (Å²) >= 11 is 0. The number of nitrogens with two attached hydrogens (primary N) is 1. The molecule has 0 aliphatic rings. The molecule has 0 radical (unpaired) electrons. The Morgan fingerprint density at radius 2 is 1.94 bits per heavy atom. The molecule has 0 heterocycles. The van der Waals surface area contributed by atoms with Crippen molar-refractivity contribution in [2.24, 2.45) is 5.10 Å². The smallest absolute Gasteiger partial charge is 0.240 e. The Morgan fingerprint density at radius 3 is 2.56 bits per heavy atom. The molecular formula is C14H21N3O. The molecule has 0 spiro atoms. The van der Waals surface area contributed by atoms with Crippen LogP contribution >= 0.6 is 0 Å². The molecular weight excluding hydrogens is 226 g/mol. The number of hydrazone groups is 1. The van der Waals surface area contributed by atoms with Crippen molar-refractivity contribution >= 4 is 17.3 Å².